The zero-order valence-corrected chi connectivity index (χ0v) is 19.9. The molecule has 0 saturated carbocycles. The number of aliphatic hydroxyl groups excluding tert-OH is 1. The SMILES string of the molecule is C[C@H]1CN([C@@H](C)CO)S(=O)(=O)c2ccc(Br)cc2O[C@@H]1CN(C)C(=O)CN(C)C. The fourth-order valence-corrected chi connectivity index (χ4v) is 5.35. The van der Waals surface area contributed by atoms with Crippen LogP contribution in [0.1, 0.15) is 13.8 Å². The van der Waals surface area contributed by atoms with Crippen LogP contribution in [0.3, 0.4) is 0 Å². The lowest BCUT2D eigenvalue weighted by Crippen LogP contribution is -2.50. The summed E-state index contributed by atoms with van der Waals surface area (Å²) in [6.45, 7) is 4.06. The largest absolute Gasteiger partial charge is 0.487 e. The van der Waals surface area contributed by atoms with E-state index in [1.54, 1.807) is 35.9 Å². The van der Waals surface area contributed by atoms with E-state index in [1.165, 1.54) is 10.4 Å². The number of fused-ring (bicyclic) bond motifs is 1. The monoisotopic (exact) mass is 491 g/mol. The van der Waals surface area contributed by atoms with E-state index in [9.17, 15) is 18.3 Å². The summed E-state index contributed by atoms with van der Waals surface area (Å²) < 4.78 is 34.6. The molecule has 0 fully saturated rings. The third-order valence-electron chi connectivity index (χ3n) is 4.96. The number of ether oxygens (including phenoxy) is 1. The number of carbonyl (C=O) groups is 1. The second-order valence-corrected chi connectivity index (χ2v) is 10.6. The van der Waals surface area contributed by atoms with Crippen LogP contribution in [-0.4, -0.2) is 93.1 Å². The molecule has 8 nitrogen and oxygen atoms in total. The first kappa shape index (κ1) is 24.1. The molecule has 0 unspecified atom stereocenters. The smallest absolute Gasteiger partial charge is 0.247 e. The molecule has 2 rings (SSSR count). The maximum absolute atomic E-state index is 13.2. The number of halogens is 1. The number of carbonyl (C=O) groups excluding carboxylic acids is 1. The van der Waals surface area contributed by atoms with Crippen LogP contribution in [0.15, 0.2) is 27.6 Å². The molecule has 10 heteroatoms. The van der Waals surface area contributed by atoms with Gasteiger partial charge in [-0.15, -0.1) is 0 Å². The summed E-state index contributed by atoms with van der Waals surface area (Å²) in [4.78, 5) is 15.8. The highest BCUT2D eigenvalue weighted by molar-refractivity contribution is 9.10. The van der Waals surface area contributed by atoms with Gasteiger partial charge >= 0.3 is 0 Å². The highest BCUT2D eigenvalue weighted by Crippen LogP contribution is 2.35. The summed E-state index contributed by atoms with van der Waals surface area (Å²) in [5, 5.41) is 9.63. The number of hydrogen-bond acceptors (Lipinski definition) is 6. The van der Waals surface area contributed by atoms with Crippen molar-refractivity contribution in [2.45, 2.75) is 30.9 Å². The number of nitrogens with zero attached hydrogens (tertiary/aromatic N) is 3. The van der Waals surface area contributed by atoms with Gasteiger partial charge in [0.15, 0.2) is 0 Å². The molecule has 1 aliphatic rings. The minimum atomic E-state index is -3.85. The molecule has 1 aromatic rings. The van der Waals surface area contributed by atoms with Crippen molar-refractivity contribution in [1.29, 1.82) is 0 Å². The third kappa shape index (κ3) is 5.69. The van der Waals surface area contributed by atoms with Crippen molar-refractivity contribution >= 4 is 31.9 Å². The minimum absolute atomic E-state index is 0.0458. The third-order valence-corrected chi connectivity index (χ3v) is 7.47. The highest BCUT2D eigenvalue weighted by atomic mass is 79.9. The van der Waals surface area contributed by atoms with E-state index in [0.29, 0.717) is 11.0 Å². The second kappa shape index (κ2) is 9.74. The Kier molecular flexibility index (Phi) is 8.08. The van der Waals surface area contributed by atoms with Crippen LogP contribution in [0.5, 0.6) is 5.75 Å². The molecule has 0 aromatic heterocycles. The molecule has 1 aliphatic heterocycles. The molecule has 0 spiro atoms. The zero-order valence-electron chi connectivity index (χ0n) is 17.5. The summed E-state index contributed by atoms with van der Waals surface area (Å²) in [6, 6.07) is 4.20. The number of rotatable bonds is 6. The van der Waals surface area contributed by atoms with Gasteiger partial charge in [-0.05, 0) is 39.2 Å². The Hall–Kier alpha value is -1.20. The number of likely N-dealkylation sites (N-methyl/N-ethyl adjacent to an activating group) is 2. The fraction of sp³-hybridized carbons (Fsp3) is 0.632. The van der Waals surface area contributed by atoms with Gasteiger partial charge < -0.3 is 19.6 Å². The van der Waals surface area contributed by atoms with Crippen LogP contribution in [0.4, 0.5) is 0 Å². The van der Waals surface area contributed by atoms with Gasteiger partial charge in [-0.25, -0.2) is 8.42 Å². The van der Waals surface area contributed by atoms with Crippen LogP contribution in [0, 0.1) is 5.92 Å². The summed E-state index contributed by atoms with van der Waals surface area (Å²) in [5.74, 6) is -0.0180. The molecule has 1 aromatic carbocycles. The quantitative estimate of drug-likeness (QED) is 0.643. The van der Waals surface area contributed by atoms with Crippen LogP contribution >= 0.6 is 15.9 Å². The summed E-state index contributed by atoms with van der Waals surface area (Å²) in [7, 11) is 1.52. The number of sulfonamides is 1. The summed E-state index contributed by atoms with van der Waals surface area (Å²) in [6.07, 6.45) is -0.414. The predicted molar refractivity (Wildman–Crippen MR) is 114 cm³/mol. The Labute approximate surface area is 181 Å². The molecule has 1 heterocycles. The Morgan fingerprint density at radius 2 is 2.03 bits per heavy atom. The van der Waals surface area contributed by atoms with Gasteiger partial charge in [0.05, 0.1) is 19.7 Å². The lowest BCUT2D eigenvalue weighted by molar-refractivity contribution is -0.132. The number of hydrogen-bond donors (Lipinski definition) is 1. The average molecular weight is 492 g/mol. The average Bonchev–Trinajstić information content (AvgIpc) is 2.63. The molecule has 0 radical (unpaired) electrons. The molecule has 1 amide bonds. The van der Waals surface area contributed by atoms with Crippen molar-refractivity contribution in [3.05, 3.63) is 22.7 Å². The number of amides is 1. The van der Waals surface area contributed by atoms with Crippen molar-refractivity contribution < 1.29 is 23.1 Å². The van der Waals surface area contributed by atoms with E-state index in [-0.39, 0.29) is 42.2 Å². The molecule has 0 bridgehead atoms. The number of aliphatic hydroxyl groups is 1. The van der Waals surface area contributed by atoms with Gasteiger partial charge in [0.25, 0.3) is 0 Å². The van der Waals surface area contributed by atoms with E-state index in [0.717, 1.165) is 0 Å². The van der Waals surface area contributed by atoms with Gasteiger partial charge in [-0.1, -0.05) is 22.9 Å². The Morgan fingerprint density at radius 3 is 2.62 bits per heavy atom. The van der Waals surface area contributed by atoms with Gasteiger partial charge in [0.1, 0.15) is 16.7 Å². The zero-order chi connectivity index (χ0) is 21.9. The first-order chi connectivity index (χ1) is 13.5. The maximum atomic E-state index is 13.2. The molecule has 29 heavy (non-hydrogen) atoms. The maximum Gasteiger partial charge on any atom is 0.247 e. The fourth-order valence-electron chi connectivity index (χ4n) is 3.18. The molecule has 1 N–H and O–H groups in total. The summed E-state index contributed by atoms with van der Waals surface area (Å²) >= 11 is 3.37. The van der Waals surface area contributed by atoms with E-state index in [2.05, 4.69) is 15.9 Å². The van der Waals surface area contributed by atoms with Crippen molar-refractivity contribution in [3.63, 3.8) is 0 Å². The Bertz CT molecular complexity index is 833. The van der Waals surface area contributed by atoms with Gasteiger partial charge in [0, 0.05) is 30.0 Å². The lowest BCUT2D eigenvalue weighted by atomic mass is 10.0. The van der Waals surface area contributed by atoms with Gasteiger partial charge in [-0.3, -0.25) is 4.79 Å². The first-order valence-electron chi connectivity index (χ1n) is 9.45. The van der Waals surface area contributed by atoms with Crippen molar-refractivity contribution in [2.75, 3.05) is 47.4 Å². The highest BCUT2D eigenvalue weighted by Gasteiger charge is 2.38. The van der Waals surface area contributed by atoms with Crippen LogP contribution in [0.2, 0.25) is 0 Å². The predicted octanol–water partition coefficient (Wildman–Crippen LogP) is 1.24. The normalized spacial score (nSPS) is 22.9. The lowest BCUT2D eigenvalue weighted by Gasteiger charge is -2.37. The number of benzene rings is 1. The Balaban J connectivity index is 2.43. The molecular formula is C19H30BrN3O5S. The van der Waals surface area contributed by atoms with E-state index >= 15 is 0 Å². The Morgan fingerprint density at radius 1 is 1.38 bits per heavy atom. The van der Waals surface area contributed by atoms with Gasteiger partial charge in [0.2, 0.25) is 15.9 Å². The van der Waals surface area contributed by atoms with E-state index in [4.69, 9.17) is 4.74 Å². The van der Waals surface area contributed by atoms with Crippen molar-refractivity contribution in [2.24, 2.45) is 5.92 Å². The van der Waals surface area contributed by atoms with Gasteiger partial charge in [-0.2, -0.15) is 4.31 Å². The second-order valence-electron chi connectivity index (χ2n) is 7.84. The standard InChI is InChI=1S/C19H30BrN3O5S/c1-13-9-23(14(2)12-24)29(26,27)18-7-6-15(20)8-16(18)28-17(13)10-22(5)19(25)11-21(3)4/h6-8,13-14,17,24H,9-12H2,1-5H3/t13-,14-,17+/m0/s1. The van der Waals surface area contributed by atoms with E-state index < -0.39 is 22.2 Å². The van der Waals surface area contributed by atoms with Crippen LogP contribution in [-0.2, 0) is 14.8 Å². The molecule has 3 atom stereocenters. The van der Waals surface area contributed by atoms with Crippen LogP contribution in [0.25, 0.3) is 0 Å². The van der Waals surface area contributed by atoms with Crippen LogP contribution < -0.4 is 4.74 Å². The molecule has 0 aliphatic carbocycles. The topological polar surface area (TPSA) is 90.4 Å². The minimum Gasteiger partial charge on any atom is -0.487 e. The molecular weight excluding hydrogens is 462 g/mol. The van der Waals surface area contributed by atoms with Crippen molar-refractivity contribution in [1.82, 2.24) is 14.1 Å². The molecule has 0 saturated heterocycles. The first-order valence-corrected chi connectivity index (χ1v) is 11.7. The van der Waals surface area contributed by atoms with E-state index in [1.807, 2.05) is 21.0 Å². The molecule has 164 valence electrons. The summed E-state index contributed by atoms with van der Waals surface area (Å²) in [5.41, 5.74) is 0. The van der Waals surface area contributed by atoms with Crippen molar-refractivity contribution in [3.8, 4) is 5.75 Å².